The van der Waals surface area contributed by atoms with Crippen molar-refractivity contribution < 1.29 is 13.2 Å². The molecule has 0 aliphatic carbocycles. The lowest BCUT2D eigenvalue weighted by atomic mass is 10.1. The average molecular weight is 284 g/mol. The molecule has 0 aliphatic rings. The van der Waals surface area contributed by atoms with Crippen LogP contribution in [0.25, 0.3) is 0 Å². The van der Waals surface area contributed by atoms with Crippen molar-refractivity contribution in [3.8, 4) is 0 Å². The highest BCUT2D eigenvalue weighted by Crippen LogP contribution is 2.16. The molecule has 0 aliphatic heterocycles. The van der Waals surface area contributed by atoms with Crippen LogP contribution in [-0.2, 0) is 9.84 Å². The zero-order valence-electron chi connectivity index (χ0n) is 11.5. The number of nitrogens with one attached hydrogen (secondary N) is 1. The number of rotatable bonds is 6. The van der Waals surface area contributed by atoms with Gasteiger partial charge in [0.1, 0.15) is 9.84 Å². The van der Waals surface area contributed by atoms with E-state index in [1.54, 1.807) is 19.2 Å². The van der Waals surface area contributed by atoms with Crippen LogP contribution in [0.4, 0.5) is 5.69 Å². The molecule has 0 radical (unpaired) electrons. The van der Waals surface area contributed by atoms with Crippen LogP contribution in [0.1, 0.15) is 17.3 Å². The van der Waals surface area contributed by atoms with E-state index in [0.717, 1.165) is 18.5 Å². The van der Waals surface area contributed by atoms with E-state index in [-0.39, 0.29) is 18.2 Å². The number of sulfone groups is 1. The third kappa shape index (κ3) is 4.90. The molecule has 0 atom stereocenters. The second-order valence-corrected chi connectivity index (χ2v) is 6.69. The fourth-order valence-electron chi connectivity index (χ4n) is 1.62. The van der Waals surface area contributed by atoms with Crippen LogP contribution >= 0.6 is 0 Å². The predicted molar refractivity (Wildman–Crippen MR) is 77.3 cm³/mol. The third-order valence-corrected chi connectivity index (χ3v) is 3.59. The largest absolute Gasteiger partial charge is 0.385 e. The van der Waals surface area contributed by atoms with Crippen molar-refractivity contribution in [1.29, 1.82) is 0 Å². The molecule has 5 nitrogen and oxygen atoms in total. The van der Waals surface area contributed by atoms with Gasteiger partial charge >= 0.3 is 0 Å². The molecule has 1 N–H and O–H groups in total. The fraction of sp³-hybridized carbons (Fsp3) is 0.462. The number of hydrogen-bond acceptors (Lipinski definition) is 4. The normalized spacial score (nSPS) is 11.1. The summed E-state index contributed by atoms with van der Waals surface area (Å²) < 4.78 is 22.2. The van der Waals surface area contributed by atoms with E-state index < -0.39 is 9.84 Å². The second-order valence-electron chi connectivity index (χ2n) is 4.43. The first kappa shape index (κ1) is 15.5. The van der Waals surface area contributed by atoms with Gasteiger partial charge in [0.25, 0.3) is 5.91 Å². The number of carbonyl (C=O) groups excluding carboxylic acids is 1. The van der Waals surface area contributed by atoms with Gasteiger partial charge in [-0.05, 0) is 19.1 Å². The number of nitrogens with zero attached hydrogens (tertiary/aromatic N) is 1. The van der Waals surface area contributed by atoms with Crippen molar-refractivity contribution in [3.63, 3.8) is 0 Å². The van der Waals surface area contributed by atoms with Crippen molar-refractivity contribution in [2.45, 2.75) is 6.92 Å². The van der Waals surface area contributed by atoms with Crippen LogP contribution in [0.2, 0.25) is 0 Å². The standard InChI is InChI=1S/C13H20N2O3S/c1-4-14-12-8-6-5-7-11(12)13(16)15(2)9-10-19(3,17)18/h5-8,14H,4,9-10H2,1-3H3. The average Bonchev–Trinajstić information content (AvgIpc) is 2.35. The van der Waals surface area contributed by atoms with Gasteiger partial charge < -0.3 is 10.2 Å². The smallest absolute Gasteiger partial charge is 0.255 e. The molecule has 19 heavy (non-hydrogen) atoms. The summed E-state index contributed by atoms with van der Waals surface area (Å²) in [5.74, 6) is -0.210. The SMILES string of the molecule is CCNc1ccccc1C(=O)N(C)CCS(C)(=O)=O. The Balaban J connectivity index is 2.82. The van der Waals surface area contributed by atoms with E-state index in [0.29, 0.717) is 5.56 Å². The molecule has 0 unspecified atom stereocenters. The Labute approximate surface area is 114 Å². The summed E-state index contributed by atoms with van der Waals surface area (Å²) in [4.78, 5) is 13.7. The topological polar surface area (TPSA) is 66.5 Å². The molecule has 0 heterocycles. The minimum Gasteiger partial charge on any atom is -0.385 e. The van der Waals surface area contributed by atoms with Crippen LogP contribution in [0.15, 0.2) is 24.3 Å². The van der Waals surface area contributed by atoms with E-state index in [1.807, 2.05) is 19.1 Å². The van der Waals surface area contributed by atoms with E-state index >= 15 is 0 Å². The minimum absolute atomic E-state index is 0.0292. The molecular formula is C13H20N2O3S. The zero-order valence-corrected chi connectivity index (χ0v) is 12.3. The van der Waals surface area contributed by atoms with Crippen molar-refractivity contribution >= 4 is 21.4 Å². The highest BCUT2D eigenvalue weighted by Gasteiger charge is 2.16. The Bertz CT molecular complexity index is 541. The Morgan fingerprint density at radius 3 is 2.53 bits per heavy atom. The lowest BCUT2D eigenvalue weighted by molar-refractivity contribution is 0.0804. The Hall–Kier alpha value is -1.56. The van der Waals surface area contributed by atoms with Gasteiger partial charge in [-0.1, -0.05) is 12.1 Å². The van der Waals surface area contributed by atoms with Crippen LogP contribution in [0.5, 0.6) is 0 Å². The maximum absolute atomic E-state index is 12.2. The molecule has 0 spiro atoms. The van der Waals surface area contributed by atoms with E-state index in [2.05, 4.69) is 5.32 Å². The Morgan fingerprint density at radius 1 is 1.32 bits per heavy atom. The first-order chi connectivity index (χ1) is 8.85. The van der Waals surface area contributed by atoms with Gasteiger partial charge in [0.05, 0.1) is 11.3 Å². The summed E-state index contributed by atoms with van der Waals surface area (Å²) in [6, 6.07) is 7.21. The third-order valence-electron chi connectivity index (χ3n) is 2.67. The minimum atomic E-state index is -3.06. The molecule has 0 fully saturated rings. The highest BCUT2D eigenvalue weighted by molar-refractivity contribution is 7.90. The number of hydrogen-bond donors (Lipinski definition) is 1. The van der Waals surface area contributed by atoms with Gasteiger partial charge in [-0.2, -0.15) is 0 Å². The lowest BCUT2D eigenvalue weighted by Gasteiger charge is -2.18. The molecule has 0 saturated carbocycles. The van der Waals surface area contributed by atoms with Crippen LogP contribution < -0.4 is 5.32 Å². The van der Waals surface area contributed by atoms with Gasteiger partial charge in [0, 0.05) is 32.1 Å². The fourth-order valence-corrected chi connectivity index (χ4v) is 2.23. The second kappa shape index (κ2) is 6.56. The summed E-state index contributed by atoms with van der Waals surface area (Å²) in [6.07, 6.45) is 1.16. The van der Waals surface area contributed by atoms with E-state index in [4.69, 9.17) is 0 Å². The molecule has 0 aromatic heterocycles. The van der Waals surface area contributed by atoms with Crippen molar-refractivity contribution in [3.05, 3.63) is 29.8 Å². The number of para-hydroxylation sites is 1. The molecule has 1 rings (SSSR count). The molecular weight excluding hydrogens is 264 g/mol. The Kier molecular flexibility index (Phi) is 5.35. The van der Waals surface area contributed by atoms with Crippen LogP contribution in [-0.4, -0.2) is 51.4 Å². The number of carbonyl (C=O) groups is 1. The predicted octanol–water partition coefficient (Wildman–Crippen LogP) is 1.24. The van der Waals surface area contributed by atoms with Gasteiger partial charge in [0.2, 0.25) is 0 Å². The van der Waals surface area contributed by atoms with Gasteiger partial charge in [-0.3, -0.25) is 4.79 Å². The van der Waals surface area contributed by atoms with Crippen molar-refractivity contribution in [2.24, 2.45) is 0 Å². The molecule has 1 amide bonds. The van der Waals surface area contributed by atoms with E-state index in [9.17, 15) is 13.2 Å². The first-order valence-corrected chi connectivity index (χ1v) is 8.17. The van der Waals surface area contributed by atoms with Gasteiger partial charge in [-0.15, -0.1) is 0 Å². The summed E-state index contributed by atoms with van der Waals surface area (Å²) in [5, 5.41) is 3.12. The summed E-state index contributed by atoms with van der Waals surface area (Å²) in [6.45, 7) is 2.87. The van der Waals surface area contributed by atoms with Gasteiger partial charge in [0.15, 0.2) is 0 Å². The van der Waals surface area contributed by atoms with E-state index in [1.165, 1.54) is 4.90 Å². The Morgan fingerprint density at radius 2 is 1.95 bits per heavy atom. The maximum Gasteiger partial charge on any atom is 0.255 e. The molecule has 6 heteroatoms. The zero-order chi connectivity index (χ0) is 14.5. The quantitative estimate of drug-likeness (QED) is 0.853. The molecule has 0 saturated heterocycles. The highest BCUT2D eigenvalue weighted by atomic mass is 32.2. The number of anilines is 1. The summed E-state index contributed by atoms with van der Waals surface area (Å²) in [7, 11) is -1.46. The molecule has 1 aromatic carbocycles. The molecule has 0 bridgehead atoms. The summed E-state index contributed by atoms with van der Waals surface area (Å²) >= 11 is 0. The van der Waals surface area contributed by atoms with Crippen LogP contribution in [0, 0.1) is 0 Å². The maximum atomic E-state index is 12.2. The van der Waals surface area contributed by atoms with Crippen molar-refractivity contribution in [2.75, 3.05) is 37.5 Å². The van der Waals surface area contributed by atoms with Crippen LogP contribution in [0.3, 0.4) is 0 Å². The number of benzene rings is 1. The lowest BCUT2D eigenvalue weighted by Crippen LogP contribution is -2.31. The summed E-state index contributed by atoms with van der Waals surface area (Å²) in [5.41, 5.74) is 1.32. The van der Waals surface area contributed by atoms with Crippen molar-refractivity contribution in [1.82, 2.24) is 4.90 Å². The molecule has 106 valence electrons. The first-order valence-electron chi connectivity index (χ1n) is 6.11. The number of amides is 1. The molecule has 1 aromatic rings. The van der Waals surface area contributed by atoms with Gasteiger partial charge in [-0.25, -0.2) is 8.42 Å². The monoisotopic (exact) mass is 284 g/mol.